The number of benzene rings is 1. The van der Waals surface area contributed by atoms with Gasteiger partial charge in [0.15, 0.2) is 11.2 Å². The Bertz CT molecular complexity index is 691. The van der Waals surface area contributed by atoms with Crippen LogP contribution in [-0.4, -0.2) is 9.97 Å². The fourth-order valence-corrected chi connectivity index (χ4v) is 1.75. The van der Waals surface area contributed by atoms with Crippen molar-refractivity contribution in [3.05, 3.63) is 48.2 Å². The topological polar surface area (TPSA) is 64.9 Å². The average molecular weight is 243 g/mol. The maximum absolute atomic E-state index is 12.8. The van der Waals surface area contributed by atoms with Crippen molar-refractivity contribution in [1.29, 1.82) is 0 Å². The Hall–Kier alpha value is -2.27. The molecule has 0 bridgehead atoms. The summed E-state index contributed by atoms with van der Waals surface area (Å²) in [6.07, 6.45) is 1.68. The molecule has 5 heteroatoms. The standard InChI is InChI=1S/C13H10FN3O/c14-10-3-1-8(2-4-10)9-5-11-13(16-7-9)17-12(6-15)18-11/h1-5,7H,6,15H2. The van der Waals surface area contributed by atoms with E-state index in [0.717, 1.165) is 11.1 Å². The SMILES string of the molecule is NCc1nc2ncc(-c3ccc(F)cc3)cc2o1. The number of aromatic nitrogens is 2. The first-order valence-electron chi connectivity index (χ1n) is 5.48. The molecule has 0 aliphatic carbocycles. The third-order valence-corrected chi connectivity index (χ3v) is 2.64. The molecule has 1 aromatic carbocycles. The second-order valence-corrected chi connectivity index (χ2v) is 3.86. The first-order chi connectivity index (χ1) is 8.76. The molecule has 2 heterocycles. The molecule has 90 valence electrons. The number of fused-ring (bicyclic) bond motifs is 1. The molecule has 2 aromatic heterocycles. The highest BCUT2D eigenvalue weighted by molar-refractivity contribution is 5.76. The Morgan fingerprint density at radius 1 is 1.17 bits per heavy atom. The number of rotatable bonds is 2. The van der Waals surface area contributed by atoms with E-state index in [0.29, 0.717) is 17.1 Å². The molecule has 0 atom stereocenters. The summed E-state index contributed by atoms with van der Waals surface area (Å²) in [7, 11) is 0. The number of nitrogens with two attached hydrogens (primary N) is 1. The summed E-state index contributed by atoms with van der Waals surface area (Å²) in [5, 5.41) is 0. The van der Waals surface area contributed by atoms with Crippen molar-refractivity contribution >= 4 is 11.2 Å². The Balaban J connectivity index is 2.09. The summed E-state index contributed by atoms with van der Waals surface area (Å²) in [5.41, 5.74) is 8.28. The van der Waals surface area contributed by atoms with Crippen molar-refractivity contribution in [2.24, 2.45) is 5.73 Å². The van der Waals surface area contributed by atoms with Gasteiger partial charge in [0.2, 0.25) is 5.89 Å². The zero-order chi connectivity index (χ0) is 12.5. The lowest BCUT2D eigenvalue weighted by atomic mass is 10.1. The van der Waals surface area contributed by atoms with Crippen LogP contribution in [0.1, 0.15) is 5.89 Å². The predicted octanol–water partition coefficient (Wildman–Crippen LogP) is 2.49. The molecule has 0 saturated heterocycles. The fraction of sp³-hybridized carbons (Fsp3) is 0.0769. The number of hydrogen-bond donors (Lipinski definition) is 1. The highest BCUT2D eigenvalue weighted by Crippen LogP contribution is 2.23. The number of oxazole rings is 1. The molecule has 0 radical (unpaired) electrons. The molecule has 4 nitrogen and oxygen atoms in total. The average Bonchev–Trinajstić information content (AvgIpc) is 2.81. The van der Waals surface area contributed by atoms with E-state index in [9.17, 15) is 4.39 Å². The summed E-state index contributed by atoms with van der Waals surface area (Å²) >= 11 is 0. The van der Waals surface area contributed by atoms with E-state index in [2.05, 4.69) is 9.97 Å². The smallest absolute Gasteiger partial charge is 0.210 e. The third-order valence-electron chi connectivity index (χ3n) is 2.64. The first kappa shape index (κ1) is 10.9. The van der Waals surface area contributed by atoms with Crippen molar-refractivity contribution in [3.63, 3.8) is 0 Å². The third kappa shape index (κ3) is 1.84. The Morgan fingerprint density at radius 2 is 1.94 bits per heavy atom. The van der Waals surface area contributed by atoms with Crippen LogP contribution >= 0.6 is 0 Å². The molecule has 0 aliphatic rings. The van der Waals surface area contributed by atoms with E-state index in [4.69, 9.17) is 10.2 Å². The highest BCUT2D eigenvalue weighted by Gasteiger charge is 2.07. The van der Waals surface area contributed by atoms with Crippen LogP contribution in [0.2, 0.25) is 0 Å². The minimum absolute atomic E-state index is 0.238. The molecule has 3 aromatic rings. The second kappa shape index (κ2) is 4.19. The van der Waals surface area contributed by atoms with Gasteiger partial charge < -0.3 is 10.2 Å². The van der Waals surface area contributed by atoms with E-state index in [1.54, 1.807) is 18.3 Å². The Morgan fingerprint density at radius 3 is 2.67 bits per heavy atom. The molecule has 0 fully saturated rings. The number of pyridine rings is 1. The van der Waals surface area contributed by atoms with Crippen LogP contribution in [0.25, 0.3) is 22.4 Å². The predicted molar refractivity (Wildman–Crippen MR) is 65.1 cm³/mol. The van der Waals surface area contributed by atoms with Gasteiger partial charge in [-0.1, -0.05) is 12.1 Å². The molecule has 0 saturated carbocycles. The van der Waals surface area contributed by atoms with Crippen LogP contribution < -0.4 is 5.73 Å². The maximum Gasteiger partial charge on any atom is 0.210 e. The van der Waals surface area contributed by atoms with Crippen LogP contribution in [0.5, 0.6) is 0 Å². The lowest BCUT2D eigenvalue weighted by Crippen LogP contribution is -1.95. The van der Waals surface area contributed by atoms with E-state index in [1.807, 2.05) is 6.07 Å². The summed E-state index contributed by atoms with van der Waals surface area (Å²) in [4.78, 5) is 8.31. The Labute approximate surface area is 102 Å². The van der Waals surface area contributed by atoms with Gasteiger partial charge in [-0.25, -0.2) is 9.37 Å². The minimum Gasteiger partial charge on any atom is -0.438 e. The molecule has 0 amide bonds. The van der Waals surface area contributed by atoms with Crippen LogP contribution in [0.3, 0.4) is 0 Å². The van der Waals surface area contributed by atoms with Gasteiger partial charge >= 0.3 is 0 Å². The fourth-order valence-electron chi connectivity index (χ4n) is 1.75. The normalized spacial score (nSPS) is 11.0. The van der Waals surface area contributed by atoms with E-state index in [-0.39, 0.29) is 12.4 Å². The molecule has 0 aliphatic heterocycles. The summed E-state index contributed by atoms with van der Waals surface area (Å²) in [5.74, 6) is 0.187. The van der Waals surface area contributed by atoms with Gasteiger partial charge in [0.1, 0.15) is 5.82 Å². The molecule has 0 unspecified atom stereocenters. The Kier molecular flexibility index (Phi) is 2.53. The first-order valence-corrected chi connectivity index (χ1v) is 5.48. The zero-order valence-corrected chi connectivity index (χ0v) is 9.43. The lowest BCUT2D eigenvalue weighted by molar-refractivity contribution is 0.533. The zero-order valence-electron chi connectivity index (χ0n) is 9.43. The molecular weight excluding hydrogens is 233 g/mol. The largest absolute Gasteiger partial charge is 0.438 e. The van der Waals surface area contributed by atoms with E-state index >= 15 is 0 Å². The lowest BCUT2D eigenvalue weighted by Gasteiger charge is -1.99. The van der Waals surface area contributed by atoms with Crippen LogP contribution in [0, 0.1) is 5.82 Å². The van der Waals surface area contributed by atoms with E-state index < -0.39 is 0 Å². The van der Waals surface area contributed by atoms with Gasteiger partial charge in [0.25, 0.3) is 0 Å². The molecule has 0 spiro atoms. The van der Waals surface area contributed by atoms with Gasteiger partial charge in [-0.15, -0.1) is 0 Å². The van der Waals surface area contributed by atoms with Gasteiger partial charge in [-0.3, -0.25) is 0 Å². The summed E-state index contributed by atoms with van der Waals surface area (Å²) in [6, 6.07) is 8.02. The van der Waals surface area contributed by atoms with Crippen molar-refractivity contribution in [3.8, 4) is 11.1 Å². The van der Waals surface area contributed by atoms with E-state index in [1.165, 1.54) is 12.1 Å². The van der Waals surface area contributed by atoms with Crippen molar-refractivity contribution < 1.29 is 8.81 Å². The monoisotopic (exact) mass is 243 g/mol. The van der Waals surface area contributed by atoms with Crippen molar-refractivity contribution in [2.75, 3.05) is 0 Å². The van der Waals surface area contributed by atoms with Crippen molar-refractivity contribution in [1.82, 2.24) is 9.97 Å². The number of nitrogens with zero attached hydrogens (tertiary/aromatic N) is 2. The van der Waals surface area contributed by atoms with Gasteiger partial charge in [-0.2, -0.15) is 4.98 Å². The molecule has 3 rings (SSSR count). The summed E-state index contributed by atoms with van der Waals surface area (Å²) < 4.78 is 18.3. The maximum atomic E-state index is 12.8. The second-order valence-electron chi connectivity index (χ2n) is 3.86. The van der Waals surface area contributed by atoms with Crippen molar-refractivity contribution in [2.45, 2.75) is 6.54 Å². The van der Waals surface area contributed by atoms with Gasteiger partial charge in [0, 0.05) is 11.8 Å². The van der Waals surface area contributed by atoms with Crippen LogP contribution in [0.15, 0.2) is 40.9 Å². The molecule has 18 heavy (non-hydrogen) atoms. The van der Waals surface area contributed by atoms with Gasteiger partial charge in [-0.05, 0) is 23.8 Å². The van der Waals surface area contributed by atoms with Crippen LogP contribution in [0.4, 0.5) is 4.39 Å². The quantitative estimate of drug-likeness (QED) is 0.751. The summed E-state index contributed by atoms with van der Waals surface area (Å²) in [6.45, 7) is 0.238. The van der Waals surface area contributed by atoms with Gasteiger partial charge in [0.05, 0.1) is 6.54 Å². The highest BCUT2D eigenvalue weighted by atomic mass is 19.1. The van der Waals surface area contributed by atoms with Crippen LogP contribution in [-0.2, 0) is 6.54 Å². The number of hydrogen-bond acceptors (Lipinski definition) is 4. The molecular formula is C13H10FN3O. The minimum atomic E-state index is -0.266. The number of halogens is 1. The molecule has 2 N–H and O–H groups in total.